The molecule has 2 aromatic carbocycles. The van der Waals surface area contributed by atoms with Gasteiger partial charge in [0.25, 0.3) is 0 Å². The van der Waals surface area contributed by atoms with Crippen molar-refractivity contribution in [3.05, 3.63) is 75.8 Å². The number of likely N-dealkylation sites (tertiary alicyclic amines) is 1. The van der Waals surface area contributed by atoms with Gasteiger partial charge in [-0.2, -0.15) is 18.3 Å². The highest BCUT2D eigenvalue weighted by atomic mass is 19.4. The van der Waals surface area contributed by atoms with Crippen molar-refractivity contribution in [2.24, 2.45) is 12.8 Å². The summed E-state index contributed by atoms with van der Waals surface area (Å²) in [6, 6.07) is 12.5. The summed E-state index contributed by atoms with van der Waals surface area (Å²) in [7, 11) is 1.82. The van der Waals surface area contributed by atoms with E-state index < -0.39 is 17.8 Å². The maximum absolute atomic E-state index is 13.1. The molecule has 222 valence electrons. The average molecular weight is 582 g/mol. The number of carbonyl (C=O) groups is 1. The van der Waals surface area contributed by atoms with E-state index in [9.17, 15) is 22.8 Å². The Kier molecular flexibility index (Phi) is 7.34. The van der Waals surface area contributed by atoms with Crippen LogP contribution in [-0.4, -0.2) is 60.9 Å². The van der Waals surface area contributed by atoms with Gasteiger partial charge in [-0.15, -0.1) is 0 Å². The number of alkyl halides is 3. The van der Waals surface area contributed by atoms with Crippen LogP contribution in [0.15, 0.2) is 53.3 Å². The molecule has 0 bridgehead atoms. The first-order valence-electron chi connectivity index (χ1n) is 14.3. The molecule has 1 fully saturated rings. The maximum Gasteiger partial charge on any atom is 0.416 e. The highest BCUT2D eigenvalue weighted by Gasteiger charge is 2.31. The Labute approximate surface area is 240 Å². The van der Waals surface area contributed by atoms with Gasteiger partial charge in [-0.25, -0.2) is 9.59 Å². The summed E-state index contributed by atoms with van der Waals surface area (Å²) < 4.78 is 45.0. The topological polar surface area (TPSA) is 94.3 Å². The van der Waals surface area contributed by atoms with Gasteiger partial charge < -0.3 is 15.5 Å². The SMILES string of the molecule is Cn1c(=O)n(C2CCN(CCCn3nc(-c4ccc(C(F)(F)F)cc4)c4c3CCN(C(N)=O)C4)CC2)c2ccccc21. The summed E-state index contributed by atoms with van der Waals surface area (Å²) in [4.78, 5) is 28.8. The summed E-state index contributed by atoms with van der Waals surface area (Å²) in [5.74, 6) is 0. The number of halogens is 3. The van der Waals surface area contributed by atoms with Gasteiger partial charge >= 0.3 is 17.9 Å². The number of rotatable bonds is 6. The number of hydrogen-bond acceptors (Lipinski definition) is 4. The molecule has 1 saturated heterocycles. The number of para-hydroxylation sites is 2. The molecule has 0 aliphatic carbocycles. The van der Waals surface area contributed by atoms with Gasteiger partial charge in [0.15, 0.2) is 0 Å². The fraction of sp³-hybridized carbons (Fsp3) is 0.433. The Bertz CT molecular complexity index is 1660. The van der Waals surface area contributed by atoms with E-state index in [0.29, 0.717) is 30.8 Å². The molecule has 0 radical (unpaired) electrons. The number of fused-ring (bicyclic) bond motifs is 2. The van der Waals surface area contributed by atoms with Crippen molar-refractivity contribution in [2.45, 2.75) is 51.0 Å². The van der Waals surface area contributed by atoms with Crippen LogP contribution in [0.1, 0.15) is 42.1 Å². The smallest absolute Gasteiger partial charge is 0.351 e. The van der Waals surface area contributed by atoms with E-state index in [-0.39, 0.29) is 18.3 Å². The lowest BCUT2D eigenvalue weighted by Crippen LogP contribution is -2.40. The Morgan fingerprint density at radius 3 is 2.36 bits per heavy atom. The number of nitrogens with two attached hydrogens (primary N) is 1. The van der Waals surface area contributed by atoms with Gasteiger partial charge in [0, 0.05) is 62.5 Å². The number of nitrogens with zero attached hydrogens (tertiary/aromatic N) is 6. The first kappa shape index (κ1) is 28.1. The second-order valence-electron chi connectivity index (χ2n) is 11.2. The monoisotopic (exact) mass is 581 g/mol. The fourth-order valence-corrected chi connectivity index (χ4v) is 6.43. The van der Waals surface area contributed by atoms with Crippen molar-refractivity contribution in [2.75, 3.05) is 26.2 Å². The predicted molar refractivity (Wildman–Crippen MR) is 153 cm³/mol. The number of piperidine rings is 1. The quantitative estimate of drug-likeness (QED) is 0.366. The van der Waals surface area contributed by atoms with Crippen molar-refractivity contribution in [3.8, 4) is 11.3 Å². The van der Waals surface area contributed by atoms with Gasteiger partial charge in [-0.3, -0.25) is 13.8 Å². The van der Waals surface area contributed by atoms with Crippen LogP contribution in [0.2, 0.25) is 0 Å². The lowest BCUT2D eigenvalue weighted by atomic mass is 10.00. The molecule has 9 nitrogen and oxygen atoms in total. The van der Waals surface area contributed by atoms with Crippen LogP contribution in [0.5, 0.6) is 0 Å². The van der Waals surface area contributed by atoms with Crippen molar-refractivity contribution in [3.63, 3.8) is 0 Å². The standard InChI is InChI=1S/C30H34F3N7O2/c1-36-25-5-2-3-6-26(25)40(29(36)42)22-11-16-37(17-12-22)14-4-15-39-24-13-18-38(28(34)41)19-23(24)27(35-39)20-7-9-21(10-8-20)30(31,32)33/h2-3,5-10,22H,4,11-19H2,1H3,(H2,34,41). The molecule has 12 heteroatoms. The van der Waals surface area contributed by atoms with Crippen LogP contribution in [0, 0.1) is 0 Å². The van der Waals surface area contributed by atoms with Gasteiger partial charge in [-0.1, -0.05) is 24.3 Å². The first-order valence-corrected chi connectivity index (χ1v) is 14.3. The van der Waals surface area contributed by atoms with Crippen LogP contribution >= 0.6 is 0 Å². The Morgan fingerprint density at radius 2 is 1.69 bits per heavy atom. The third kappa shape index (κ3) is 5.19. The molecule has 0 spiro atoms. The lowest BCUT2D eigenvalue weighted by molar-refractivity contribution is -0.137. The Balaban J connectivity index is 1.13. The maximum atomic E-state index is 13.1. The highest BCUT2D eigenvalue weighted by Crippen LogP contribution is 2.34. The van der Waals surface area contributed by atoms with Crippen LogP contribution in [0.25, 0.3) is 22.3 Å². The minimum absolute atomic E-state index is 0.0249. The van der Waals surface area contributed by atoms with E-state index in [1.165, 1.54) is 17.0 Å². The third-order valence-electron chi connectivity index (χ3n) is 8.69. The molecule has 2 amide bonds. The molecule has 2 aliphatic rings. The van der Waals surface area contributed by atoms with E-state index in [2.05, 4.69) is 4.90 Å². The van der Waals surface area contributed by atoms with Crippen molar-refractivity contribution in [1.29, 1.82) is 0 Å². The Morgan fingerprint density at radius 1 is 1.00 bits per heavy atom. The van der Waals surface area contributed by atoms with Crippen LogP contribution in [0.3, 0.4) is 0 Å². The zero-order chi connectivity index (χ0) is 29.6. The number of aromatic nitrogens is 4. The second-order valence-corrected chi connectivity index (χ2v) is 11.2. The summed E-state index contributed by atoms with van der Waals surface area (Å²) >= 11 is 0. The minimum atomic E-state index is -4.42. The predicted octanol–water partition coefficient (Wildman–Crippen LogP) is 4.39. The van der Waals surface area contributed by atoms with Crippen molar-refractivity contribution in [1.82, 2.24) is 28.7 Å². The van der Waals surface area contributed by atoms with E-state index in [0.717, 1.165) is 73.3 Å². The van der Waals surface area contributed by atoms with E-state index in [1.54, 1.807) is 4.57 Å². The summed E-state index contributed by atoms with van der Waals surface area (Å²) in [6.45, 7) is 4.06. The number of hydrogen-bond donors (Lipinski definition) is 1. The summed E-state index contributed by atoms with van der Waals surface area (Å²) in [5.41, 5.74) is 9.78. The molecule has 2 aliphatic heterocycles. The number of amides is 2. The van der Waals surface area contributed by atoms with Gasteiger partial charge in [0.1, 0.15) is 0 Å². The summed E-state index contributed by atoms with van der Waals surface area (Å²) in [6.07, 6.45) is -1.20. The van der Waals surface area contributed by atoms with E-state index >= 15 is 0 Å². The number of benzene rings is 2. The second kappa shape index (κ2) is 11.0. The van der Waals surface area contributed by atoms with Crippen LogP contribution < -0.4 is 11.4 Å². The van der Waals surface area contributed by atoms with Crippen molar-refractivity contribution >= 4 is 17.1 Å². The average Bonchev–Trinajstić information content (AvgIpc) is 3.47. The van der Waals surface area contributed by atoms with Crippen molar-refractivity contribution < 1.29 is 18.0 Å². The van der Waals surface area contributed by atoms with Gasteiger partial charge in [-0.05, 0) is 50.1 Å². The highest BCUT2D eigenvalue weighted by molar-refractivity contribution is 5.76. The minimum Gasteiger partial charge on any atom is -0.351 e. The normalized spacial score (nSPS) is 16.7. The molecule has 4 aromatic rings. The largest absolute Gasteiger partial charge is 0.416 e. The van der Waals surface area contributed by atoms with Crippen LogP contribution in [-0.2, 0) is 32.7 Å². The van der Waals surface area contributed by atoms with Gasteiger partial charge in [0.2, 0.25) is 0 Å². The molecular weight excluding hydrogens is 547 g/mol. The zero-order valence-corrected chi connectivity index (χ0v) is 23.5. The van der Waals surface area contributed by atoms with Gasteiger partial charge in [0.05, 0.1) is 28.8 Å². The number of urea groups is 1. The van der Waals surface area contributed by atoms with E-state index in [1.807, 2.05) is 40.6 Å². The molecule has 42 heavy (non-hydrogen) atoms. The number of aryl methyl sites for hydroxylation is 2. The zero-order valence-electron chi connectivity index (χ0n) is 23.5. The molecule has 0 unspecified atom stereocenters. The third-order valence-corrected chi connectivity index (χ3v) is 8.69. The molecular formula is C30H34F3N7O2. The molecule has 4 heterocycles. The first-order chi connectivity index (χ1) is 20.1. The molecule has 2 N–H and O–H groups in total. The molecule has 2 aromatic heterocycles. The Hall–Kier alpha value is -4.06. The molecule has 0 saturated carbocycles. The van der Waals surface area contributed by atoms with Crippen LogP contribution in [0.4, 0.5) is 18.0 Å². The molecule has 0 atom stereocenters. The fourth-order valence-electron chi connectivity index (χ4n) is 6.43. The molecule has 6 rings (SSSR count). The number of primary amides is 1. The number of carbonyl (C=O) groups excluding carboxylic acids is 1. The summed E-state index contributed by atoms with van der Waals surface area (Å²) in [5, 5.41) is 4.82. The number of imidazole rings is 1. The van der Waals surface area contributed by atoms with E-state index in [4.69, 9.17) is 10.8 Å². The lowest BCUT2D eigenvalue weighted by Gasteiger charge is -2.32.